The van der Waals surface area contributed by atoms with E-state index in [2.05, 4.69) is 10.9 Å². The van der Waals surface area contributed by atoms with Crippen molar-refractivity contribution in [2.75, 3.05) is 6.61 Å². The van der Waals surface area contributed by atoms with Gasteiger partial charge in [-0.25, -0.2) is 0 Å². The molecule has 3 aromatic carbocycles. The Morgan fingerprint density at radius 2 is 1.43 bits per heavy atom. The SMILES string of the molecule is Cc1cc(C)cc(OCC(=O)NNC(=O)c2ccc(OCc3ccccc3)cc2)c1. The first kappa shape index (κ1) is 20.9. The highest BCUT2D eigenvalue weighted by Gasteiger charge is 2.09. The molecular formula is C24H24N2O4. The van der Waals surface area contributed by atoms with Crippen molar-refractivity contribution >= 4 is 11.8 Å². The number of carbonyl (C=O) groups excluding carboxylic acids is 2. The number of nitrogens with one attached hydrogen (secondary N) is 2. The summed E-state index contributed by atoms with van der Waals surface area (Å²) in [6, 6.07) is 22.2. The van der Waals surface area contributed by atoms with Gasteiger partial charge in [0, 0.05) is 5.56 Å². The lowest BCUT2D eigenvalue weighted by molar-refractivity contribution is -0.123. The first-order valence-electron chi connectivity index (χ1n) is 9.57. The van der Waals surface area contributed by atoms with Gasteiger partial charge in [0.15, 0.2) is 6.61 Å². The summed E-state index contributed by atoms with van der Waals surface area (Å²) < 4.78 is 11.2. The van der Waals surface area contributed by atoms with Gasteiger partial charge < -0.3 is 9.47 Å². The largest absolute Gasteiger partial charge is 0.489 e. The minimum atomic E-state index is -0.453. The van der Waals surface area contributed by atoms with Gasteiger partial charge in [-0.15, -0.1) is 0 Å². The zero-order valence-electron chi connectivity index (χ0n) is 17.0. The fraction of sp³-hybridized carbons (Fsp3) is 0.167. The maximum Gasteiger partial charge on any atom is 0.276 e. The lowest BCUT2D eigenvalue weighted by Crippen LogP contribution is -2.43. The van der Waals surface area contributed by atoms with E-state index in [0.29, 0.717) is 23.7 Å². The second kappa shape index (κ2) is 10.1. The molecule has 0 heterocycles. The van der Waals surface area contributed by atoms with E-state index in [0.717, 1.165) is 16.7 Å². The molecule has 0 radical (unpaired) electrons. The zero-order valence-corrected chi connectivity index (χ0v) is 17.0. The third kappa shape index (κ3) is 6.38. The van der Waals surface area contributed by atoms with Crippen molar-refractivity contribution < 1.29 is 19.1 Å². The molecule has 0 unspecified atom stereocenters. The standard InChI is InChI=1S/C24H24N2O4/c1-17-12-18(2)14-22(13-17)30-16-23(27)25-26-24(28)20-8-10-21(11-9-20)29-15-19-6-4-3-5-7-19/h3-14H,15-16H2,1-2H3,(H,25,27)(H,26,28). The lowest BCUT2D eigenvalue weighted by atomic mass is 10.1. The lowest BCUT2D eigenvalue weighted by Gasteiger charge is -2.10. The Hall–Kier alpha value is -3.80. The number of carbonyl (C=O) groups is 2. The van der Waals surface area contributed by atoms with E-state index in [-0.39, 0.29) is 6.61 Å². The van der Waals surface area contributed by atoms with Crippen molar-refractivity contribution in [1.29, 1.82) is 0 Å². The number of benzene rings is 3. The second-order valence-corrected chi connectivity index (χ2v) is 6.91. The second-order valence-electron chi connectivity index (χ2n) is 6.91. The van der Waals surface area contributed by atoms with Gasteiger partial charge in [-0.1, -0.05) is 36.4 Å². The van der Waals surface area contributed by atoms with Crippen LogP contribution in [0.5, 0.6) is 11.5 Å². The van der Waals surface area contributed by atoms with E-state index in [1.165, 1.54) is 0 Å². The molecule has 154 valence electrons. The number of aryl methyl sites for hydroxylation is 2. The molecule has 0 aliphatic rings. The molecule has 0 aliphatic carbocycles. The fourth-order valence-electron chi connectivity index (χ4n) is 2.84. The van der Waals surface area contributed by atoms with Crippen molar-refractivity contribution in [1.82, 2.24) is 10.9 Å². The smallest absolute Gasteiger partial charge is 0.276 e. The molecule has 0 spiro atoms. The summed E-state index contributed by atoms with van der Waals surface area (Å²) in [5, 5.41) is 0. The Balaban J connectivity index is 1.43. The summed E-state index contributed by atoms with van der Waals surface area (Å²) in [5.74, 6) is 0.385. The van der Waals surface area contributed by atoms with Crippen LogP contribution in [0.25, 0.3) is 0 Å². The van der Waals surface area contributed by atoms with Crippen LogP contribution in [0.15, 0.2) is 72.8 Å². The summed E-state index contributed by atoms with van der Waals surface area (Å²) in [5.41, 5.74) is 8.29. The van der Waals surface area contributed by atoms with Crippen LogP contribution in [0.3, 0.4) is 0 Å². The number of hydrogen-bond acceptors (Lipinski definition) is 4. The molecule has 2 amide bonds. The van der Waals surface area contributed by atoms with Gasteiger partial charge in [0.1, 0.15) is 18.1 Å². The van der Waals surface area contributed by atoms with Gasteiger partial charge in [-0.3, -0.25) is 20.4 Å². The molecule has 0 atom stereocenters. The van der Waals surface area contributed by atoms with Gasteiger partial charge >= 0.3 is 0 Å². The molecule has 0 bridgehead atoms. The Kier molecular flexibility index (Phi) is 7.05. The third-order valence-corrected chi connectivity index (χ3v) is 4.25. The Morgan fingerprint density at radius 1 is 0.767 bits per heavy atom. The fourth-order valence-corrected chi connectivity index (χ4v) is 2.84. The van der Waals surface area contributed by atoms with E-state index in [1.54, 1.807) is 24.3 Å². The van der Waals surface area contributed by atoms with E-state index in [4.69, 9.17) is 9.47 Å². The summed E-state index contributed by atoms with van der Waals surface area (Å²) in [7, 11) is 0. The maximum absolute atomic E-state index is 12.2. The molecule has 2 N–H and O–H groups in total. The summed E-state index contributed by atoms with van der Waals surface area (Å²) >= 11 is 0. The summed E-state index contributed by atoms with van der Waals surface area (Å²) in [6.45, 7) is 4.16. The quantitative estimate of drug-likeness (QED) is 0.589. The Labute approximate surface area is 175 Å². The summed E-state index contributed by atoms with van der Waals surface area (Å²) in [4.78, 5) is 24.1. The van der Waals surface area contributed by atoms with Gasteiger partial charge in [0.05, 0.1) is 0 Å². The molecule has 0 aromatic heterocycles. The molecule has 0 fully saturated rings. The zero-order chi connectivity index (χ0) is 21.3. The highest BCUT2D eigenvalue weighted by Crippen LogP contribution is 2.16. The van der Waals surface area contributed by atoms with Crippen LogP contribution in [-0.2, 0) is 11.4 Å². The van der Waals surface area contributed by atoms with Gasteiger partial charge in [0.2, 0.25) is 0 Å². The van der Waals surface area contributed by atoms with E-state index in [9.17, 15) is 9.59 Å². The van der Waals surface area contributed by atoms with Gasteiger partial charge in [-0.05, 0) is 66.9 Å². The monoisotopic (exact) mass is 404 g/mol. The van der Waals surface area contributed by atoms with E-state index >= 15 is 0 Å². The number of rotatable bonds is 7. The van der Waals surface area contributed by atoms with Crippen LogP contribution in [0.4, 0.5) is 0 Å². The third-order valence-electron chi connectivity index (χ3n) is 4.25. The molecule has 30 heavy (non-hydrogen) atoms. The van der Waals surface area contributed by atoms with Gasteiger partial charge in [0.25, 0.3) is 11.8 Å². The number of ether oxygens (including phenoxy) is 2. The highest BCUT2D eigenvalue weighted by molar-refractivity contribution is 5.95. The maximum atomic E-state index is 12.2. The van der Waals surface area contributed by atoms with Crippen molar-refractivity contribution in [3.8, 4) is 11.5 Å². The van der Waals surface area contributed by atoms with Crippen molar-refractivity contribution in [2.24, 2.45) is 0 Å². The average Bonchev–Trinajstić information content (AvgIpc) is 2.75. The minimum absolute atomic E-state index is 0.199. The average molecular weight is 404 g/mol. The normalized spacial score (nSPS) is 10.2. The predicted molar refractivity (Wildman–Crippen MR) is 114 cm³/mol. The number of hydrogen-bond donors (Lipinski definition) is 2. The Morgan fingerprint density at radius 3 is 2.10 bits per heavy atom. The molecular weight excluding hydrogens is 380 g/mol. The molecule has 3 aromatic rings. The molecule has 0 saturated heterocycles. The van der Waals surface area contributed by atoms with E-state index < -0.39 is 11.8 Å². The van der Waals surface area contributed by atoms with Crippen LogP contribution in [0.2, 0.25) is 0 Å². The topological polar surface area (TPSA) is 76.7 Å². The minimum Gasteiger partial charge on any atom is -0.489 e. The predicted octanol–water partition coefficient (Wildman–Crippen LogP) is 3.72. The number of hydrazine groups is 1. The van der Waals surface area contributed by atoms with Crippen molar-refractivity contribution in [3.05, 3.63) is 95.1 Å². The van der Waals surface area contributed by atoms with E-state index in [1.807, 2.05) is 62.4 Å². The molecule has 3 rings (SSSR count). The first-order valence-corrected chi connectivity index (χ1v) is 9.57. The van der Waals surface area contributed by atoms with Crippen molar-refractivity contribution in [2.45, 2.75) is 20.5 Å². The van der Waals surface area contributed by atoms with Crippen LogP contribution in [0.1, 0.15) is 27.0 Å². The molecule has 6 heteroatoms. The van der Waals surface area contributed by atoms with Crippen LogP contribution < -0.4 is 20.3 Å². The summed E-state index contributed by atoms with van der Waals surface area (Å²) in [6.07, 6.45) is 0. The van der Waals surface area contributed by atoms with Crippen molar-refractivity contribution in [3.63, 3.8) is 0 Å². The number of amides is 2. The molecule has 0 saturated carbocycles. The van der Waals surface area contributed by atoms with Gasteiger partial charge in [-0.2, -0.15) is 0 Å². The Bertz CT molecular complexity index is 981. The highest BCUT2D eigenvalue weighted by atomic mass is 16.5. The van der Waals surface area contributed by atoms with Crippen LogP contribution >= 0.6 is 0 Å². The van der Waals surface area contributed by atoms with Crippen LogP contribution in [0, 0.1) is 13.8 Å². The molecule has 6 nitrogen and oxygen atoms in total. The van der Waals surface area contributed by atoms with Crippen LogP contribution in [-0.4, -0.2) is 18.4 Å². The first-order chi connectivity index (χ1) is 14.5. The molecule has 0 aliphatic heterocycles.